The van der Waals surface area contributed by atoms with Gasteiger partial charge in [-0.15, -0.1) is 0 Å². The molecule has 4 heteroatoms. The number of amidine groups is 2. The highest BCUT2D eigenvalue weighted by molar-refractivity contribution is 6.23. The van der Waals surface area contributed by atoms with Gasteiger partial charge in [-0.2, -0.15) is 0 Å². The highest BCUT2D eigenvalue weighted by Crippen LogP contribution is 2.39. The van der Waals surface area contributed by atoms with Gasteiger partial charge in [0, 0.05) is 27.5 Å². The van der Waals surface area contributed by atoms with Crippen LogP contribution in [-0.2, 0) is 0 Å². The van der Waals surface area contributed by atoms with Crippen molar-refractivity contribution in [2.75, 3.05) is 0 Å². The maximum atomic E-state index is 6.69. The van der Waals surface area contributed by atoms with E-state index in [1.54, 1.807) is 0 Å². The standard InChI is InChI=1S/C47H31N3O/c1-2-13-34(14-3-1)45-48-46(36-28-23-30-11-4-5-15-35(30)29-36)50-47(49-45)41-21-10-22-42-43(41)40-20-9-19-39(44(40)51-42)33-26-24-32(25-27-33)38-18-8-16-31-12-6-7-17-37(31)38/h1-29,46H,(H,48,49,50). The van der Waals surface area contributed by atoms with Crippen LogP contribution in [0.3, 0.4) is 0 Å². The molecule has 0 amide bonds. The average Bonchev–Trinajstić information content (AvgIpc) is 3.60. The predicted octanol–water partition coefficient (Wildman–Crippen LogP) is 11.7. The lowest BCUT2D eigenvalue weighted by Crippen LogP contribution is -2.33. The van der Waals surface area contributed by atoms with Gasteiger partial charge in [0.2, 0.25) is 0 Å². The van der Waals surface area contributed by atoms with Gasteiger partial charge in [0.1, 0.15) is 23.2 Å². The molecule has 9 aromatic rings. The highest BCUT2D eigenvalue weighted by atomic mass is 16.3. The van der Waals surface area contributed by atoms with Crippen molar-refractivity contribution in [1.82, 2.24) is 5.32 Å². The Kier molecular flexibility index (Phi) is 6.85. The van der Waals surface area contributed by atoms with Gasteiger partial charge in [-0.05, 0) is 55.9 Å². The molecule has 0 bridgehead atoms. The fraction of sp³-hybridized carbons (Fsp3) is 0.0213. The third kappa shape index (κ3) is 5.08. The summed E-state index contributed by atoms with van der Waals surface area (Å²) in [6.07, 6.45) is -0.318. The first kappa shape index (κ1) is 29.2. The smallest absolute Gasteiger partial charge is 0.160 e. The largest absolute Gasteiger partial charge is 0.455 e. The van der Waals surface area contributed by atoms with E-state index in [1.807, 2.05) is 30.3 Å². The van der Waals surface area contributed by atoms with Crippen LogP contribution >= 0.6 is 0 Å². The summed E-state index contributed by atoms with van der Waals surface area (Å²) < 4.78 is 6.69. The van der Waals surface area contributed by atoms with Crippen LogP contribution in [0.4, 0.5) is 0 Å². The first-order valence-electron chi connectivity index (χ1n) is 17.3. The van der Waals surface area contributed by atoms with E-state index in [2.05, 4.69) is 151 Å². The first-order chi connectivity index (χ1) is 25.3. The van der Waals surface area contributed by atoms with Crippen molar-refractivity contribution in [1.29, 1.82) is 0 Å². The zero-order valence-corrected chi connectivity index (χ0v) is 27.6. The Morgan fingerprint density at radius 3 is 1.98 bits per heavy atom. The van der Waals surface area contributed by atoms with Crippen molar-refractivity contribution < 1.29 is 4.42 Å². The van der Waals surface area contributed by atoms with Crippen molar-refractivity contribution in [3.05, 3.63) is 193 Å². The molecule has 8 aromatic carbocycles. The van der Waals surface area contributed by atoms with Crippen LogP contribution in [0.1, 0.15) is 22.9 Å². The second kappa shape index (κ2) is 12.0. The van der Waals surface area contributed by atoms with E-state index in [0.717, 1.165) is 55.6 Å². The fourth-order valence-electron chi connectivity index (χ4n) is 7.43. The molecule has 2 heterocycles. The average molecular weight is 654 g/mol. The van der Waals surface area contributed by atoms with Crippen molar-refractivity contribution in [2.24, 2.45) is 9.98 Å². The number of nitrogens with one attached hydrogen (secondary N) is 1. The molecule has 1 N–H and O–H groups in total. The van der Waals surface area contributed by atoms with Gasteiger partial charge >= 0.3 is 0 Å². The van der Waals surface area contributed by atoms with E-state index in [4.69, 9.17) is 14.4 Å². The van der Waals surface area contributed by atoms with Crippen LogP contribution in [-0.4, -0.2) is 11.7 Å². The van der Waals surface area contributed by atoms with E-state index in [1.165, 1.54) is 32.7 Å². The quantitative estimate of drug-likeness (QED) is 0.201. The molecule has 0 radical (unpaired) electrons. The molecule has 0 saturated carbocycles. The fourth-order valence-corrected chi connectivity index (χ4v) is 7.43. The van der Waals surface area contributed by atoms with E-state index >= 15 is 0 Å². The number of aliphatic imine (C=N–C) groups is 2. The second-order valence-corrected chi connectivity index (χ2v) is 13.0. The predicted molar refractivity (Wildman–Crippen MR) is 211 cm³/mol. The molecule has 0 fully saturated rings. The summed E-state index contributed by atoms with van der Waals surface area (Å²) in [5, 5.41) is 10.5. The summed E-state index contributed by atoms with van der Waals surface area (Å²) in [6, 6.07) is 61.6. The maximum Gasteiger partial charge on any atom is 0.160 e. The molecule has 0 saturated heterocycles. The normalized spacial score (nSPS) is 14.5. The first-order valence-corrected chi connectivity index (χ1v) is 17.3. The Hall–Kier alpha value is -6.78. The Morgan fingerprint density at radius 1 is 0.471 bits per heavy atom. The molecule has 51 heavy (non-hydrogen) atoms. The van der Waals surface area contributed by atoms with Gasteiger partial charge in [-0.25, -0.2) is 9.98 Å². The van der Waals surface area contributed by atoms with E-state index in [-0.39, 0.29) is 6.17 Å². The minimum Gasteiger partial charge on any atom is -0.455 e. The Labute approximate surface area is 295 Å². The number of fused-ring (bicyclic) bond motifs is 5. The number of benzene rings is 8. The van der Waals surface area contributed by atoms with Crippen LogP contribution in [0.25, 0.3) is 65.7 Å². The number of furan rings is 1. The third-order valence-electron chi connectivity index (χ3n) is 9.94. The summed E-state index contributed by atoms with van der Waals surface area (Å²) >= 11 is 0. The molecule has 240 valence electrons. The van der Waals surface area contributed by atoms with Crippen molar-refractivity contribution in [3.8, 4) is 22.3 Å². The Morgan fingerprint density at radius 2 is 1.12 bits per heavy atom. The van der Waals surface area contributed by atoms with E-state index in [0.29, 0.717) is 5.84 Å². The lowest BCUT2D eigenvalue weighted by atomic mass is 9.95. The van der Waals surface area contributed by atoms with Gasteiger partial charge in [-0.3, -0.25) is 0 Å². The van der Waals surface area contributed by atoms with Crippen LogP contribution in [0, 0.1) is 0 Å². The summed E-state index contributed by atoms with van der Waals surface area (Å²) in [5.41, 5.74) is 9.25. The van der Waals surface area contributed by atoms with E-state index < -0.39 is 0 Å². The SMILES string of the molecule is c1ccc(C2=NC(c3cccc4oc5c(-c6ccc(-c7cccc8ccccc78)cc6)cccc5c34)=NC(c3ccc4ccccc4c3)N2)cc1. The maximum absolute atomic E-state index is 6.69. The number of hydrogen-bond acceptors (Lipinski definition) is 4. The Balaban J connectivity index is 1.10. The molecule has 0 spiro atoms. The lowest BCUT2D eigenvalue weighted by Gasteiger charge is -2.24. The molecule has 4 nitrogen and oxygen atoms in total. The molecule has 1 aliphatic rings. The molecule has 1 aliphatic heterocycles. The molecule has 1 atom stereocenters. The van der Waals surface area contributed by atoms with Crippen molar-refractivity contribution in [2.45, 2.75) is 6.17 Å². The zero-order valence-electron chi connectivity index (χ0n) is 27.6. The molecule has 1 unspecified atom stereocenters. The number of para-hydroxylation sites is 1. The van der Waals surface area contributed by atoms with E-state index in [9.17, 15) is 0 Å². The van der Waals surface area contributed by atoms with Gasteiger partial charge < -0.3 is 9.73 Å². The second-order valence-electron chi connectivity index (χ2n) is 13.0. The van der Waals surface area contributed by atoms with Crippen LogP contribution in [0.2, 0.25) is 0 Å². The summed E-state index contributed by atoms with van der Waals surface area (Å²) in [4.78, 5) is 10.4. The van der Waals surface area contributed by atoms with Gasteiger partial charge in [-0.1, -0.05) is 164 Å². The number of rotatable bonds is 5. The molecular weight excluding hydrogens is 623 g/mol. The number of nitrogens with zero attached hydrogens (tertiary/aromatic N) is 2. The van der Waals surface area contributed by atoms with Crippen LogP contribution in [0.15, 0.2) is 190 Å². The Bertz CT molecular complexity index is 2820. The summed E-state index contributed by atoms with van der Waals surface area (Å²) in [7, 11) is 0. The van der Waals surface area contributed by atoms with Gasteiger partial charge in [0.05, 0.1) is 0 Å². The lowest BCUT2D eigenvalue weighted by molar-refractivity contribution is 0.669. The minimum atomic E-state index is -0.318. The topological polar surface area (TPSA) is 49.9 Å². The zero-order chi connectivity index (χ0) is 33.7. The summed E-state index contributed by atoms with van der Waals surface area (Å²) in [6.45, 7) is 0. The monoisotopic (exact) mass is 653 g/mol. The third-order valence-corrected chi connectivity index (χ3v) is 9.94. The van der Waals surface area contributed by atoms with Crippen molar-refractivity contribution in [3.63, 3.8) is 0 Å². The van der Waals surface area contributed by atoms with Gasteiger partial charge in [0.25, 0.3) is 0 Å². The number of hydrogen-bond donors (Lipinski definition) is 1. The highest BCUT2D eigenvalue weighted by Gasteiger charge is 2.24. The van der Waals surface area contributed by atoms with Gasteiger partial charge in [0.15, 0.2) is 5.84 Å². The minimum absolute atomic E-state index is 0.318. The molecule has 1 aromatic heterocycles. The van der Waals surface area contributed by atoms with Crippen LogP contribution in [0.5, 0.6) is 0 Å². The van der Waals surface area contributed by atoms with Crippen LogP contribution < -0.4 is 5.32 Å². The molecular formula is C47H31N3O. The molecule has 0 aliphatic carbocycles. The molecule has 10 rings (SSSR count). The summed E-state index contributed by atoms with van der Waals surface area (Å²) in [5.74, 6) is 1.46. The van der Waals surface area contributed by atoms with Crippen molar-refractivity contribution >= 4 is 55.2 Å².